The van der Waals surface area contributed by atoms with Crippen molar-refractivity contribution in [2.24, 2.45) is 0 Å². The van der Waals surface area contributed by atoms with Crippen LogP contribution in [0.15, 0.2) is 11.6 Å². The lowest BCUT2D eigenvalue weighted by Gasteiger charge is -2.16. The van der Waals surface area contributed by atoms with E-state index in [2.05, 4.69) is 5.32 Å². The third kappa shape index (κ3) is 5.21. The van der Waals surface area contributed by atoms with Crippen molar-refractivity contribution in [3.8, 4) is 0 Å². The smallest absolute Gasteiger partial charge is 0.382 e. The second kappa shape index (κ2) is 6.05. The Balaban J connectivity index is 2.28. The van der Waals surface area contributed by atoms with Gasteiger partial charge in [0.05, 0.1) is 6.54 Å². The summed E-state index contributed by atoms with van der Waals surface area (Å²) in [5.74, 6) is -0.471. The number of nitrogens with one attached hydrogen (secondary N) is 1. The van der Waals surface area contributed by atoms with Crippen molar-refractivity contribution >= 4 is 5.91 Å². The second-order valence-corrected chi connectivity index (χ2v) is 4.15. The minimum absolute atomic E-state index is 0.130. The van der Waals surface area contributed by atoms with E-state index in [1.807, 2.05) is 6.08 Å². The summed E-state index contributed by atoms with van der Waals surface area (Å²) < 4.78 is 35.8. The maximum atomic E-state index is 11.9. The number of aliphatic hydroxyl groups excluding tert-OH is 1. The highest BCUT2D eigenvalue weighted by atomic mass is 19.4. The maximum absolute atomic E-state index is 11.9. The second-order valence-electron chi connectivity index (χ2n) is 4.15. The quantitative estimate of drug-likeness (QED) is 0.750. The lowest BCUT2D eigenvalue weighted by molar-refractivity contribution is -0.201. The van der Waals surface area contributed by atoms with Gasteiger partial charge in [-0.1, -0.05) is 11.6 Å². The molecule has 1 rings (SSSR count). The van der Waals surface area contributed by atoms with Gasteiger partial charge in [-0.05, 0) is 25.7 Å². The molecular formula is C11H16F3NO2. The first-order valence-corrected chi connectivity index (χ1v) is 5.59. The van der Waals surface area contributed by atoms with Gasteiger partial charge in [0.1, 0.15) is 0 Å². The molecule has 1 atom stereocenters. The molecule has 0 aromatic carbocycles. The van der Waals surface area contributed by atoms with Crippen LogP contribution in [0.3, 0.4) is 0 Å². The molecule has 0 saturated carbocycles. The topological polar surface area (TPSA) is 49.3 Å². The largest absolute Gasteiger partial charge is 0.416 e. The van der Waals surface area contributed by atoms with Gasteiger partial charge in [0.25, 0.3) is 0 Å². The molecule has 2 N–H and O–H groups in total. The zero-order valence-corrected chi connectivity index (χ0v) is 9.39. The van der Waals surface area contributed by atoms with E-state index in [1.54, 1.807) is 0 Å². The highest BCUT2D eigenvalue weighted by Crippen LogP contribution is 2.21. The third-order valence-electron chi connectivity index (χ3n) is 2.64. The van der Waals surface area contributed by atoms with Crippen LogP contribution >= 0.6 is 0 Å². The number of carbonyl (C=O) groups is 1. The van der Waals surface area contributed by atoms with Gasteiger partial charge in [0, 0.05) is 6.42 Å². The van der Waals surface area contributed by atoms with Gasteiger partial charge in [-0.25, -0.2) is 0 Å². The van der Waals surface area contributed by atoms with Crippen molar-refractivity contribution in [2.75, 3.05) is 6.54 Å². The van der Waals surface area contributed by atoms with Crippen LogP contribution in [0.4, 0.5) is 13.2 Å². The SMILES string of the molecule is O=C(CC1=CCCCC1)NCC(O)C(F)(F)F. The van der Waals surface area contributed by atoms with E-state index in [4.69, 9.17) is 5.11 Å². The van der Waals surface area contributed by atoms with E-state index in [0.29, 0.717) is 0 Å². The lowest BCUT2D eigenvalue weighted by Crippen LogP contribution is -2.40. The summed E-state index contributed by atoms with van der Waals surface area (Å²) >= 11 is 0. The number of allylic oxidation sites excluding steroid dienone is 1. The predicted octanol–water partition coefficient (Wildman–Crippen LogP) is 1.92. The zero-order valence-electron chi connectivity index (χ0n) is 9.39. The summed E-state index contributed by atoms with van der Waals surface area (Å²) in [5.41, 5.74) is 0.968. The molecule has 1 amide bonds. The predicted molar refractivity (Wildman–Crippen MR) is 56.2 cm³/mol. The lowest BCUT2D eigenvalue weighted by atomic mass is 9.97. The highest BCUT2D eigenvalue weighted by molar-refractivity contribution is 5.78. The Labute approximate surface area is 97.7 Å². The molecule has 1 aliphatic carbocycles. The first kappa shape index (κ1) is 14.0. The number of amides is 1. The summed E-state index contributed by atoms with van der Waals surface area (Å²) in [6.45, 7) is -0.782. The van der Waals surface area contributed by atoms with E-state index >= 15 is 0 Å². The number of aliphatic hydroxyl groups is 1. The van der Waals surface area contributed by atoms with Gasteiger partial charge >= 0.3 is 6.18 Å². The molecule has 3 nitrogen and oxygen atoms in total. The molecule has 0 aliphatic heterocycles. The average molecular weight is 251 g/mol. The van der Waals surface area contributed by atoms with Crippen LogP contribution in [0.1, 0.15) is 32.1 Å². The van der Waals surface area contributed by atoms with Crippen molar-refractivity contribution in [1.29, 1.82) is 0 Å². The Morgan fingerprint density at radius 2 is 2.18 bits per heavy atom. The monoisotopic (exact) mass is 251 g/mol. The molecule has 17 heavy (non-hydrogen) atoms. The van der Waals surface area contributed by atoms with Gasteiger partial charge in [-0.3, -0.25) is 4.79 Å². The molecule has 98 valence electrons. The Bertz CT molecular complexity index is 300. The molecule has 1 unspecified atom stereocenters. The summed E-state index contributed by atoms with van der Waals surface area (Å²) in [7, 11) is 0. The van der Waals surface area contributed by atoms with Crippen LogP contribution in [0.25, 0.3) is 0 Å². The van der Waals surface area contributed by atoms with Gasteiger partial charge < -0.3 is 10.4 Å². The Kier molecular flexibility index (Phi) is 4.99. The molecule has 0 spiro atoms. The number of alkyl halides is 3. The van der Waals surface area contributed by atoms with Crippen molar-refractivity contribution in [1.82, 2.24) is 5.32 Å². The Morgan fingerprint density at radius 3 is 2.71 bits per heavy atom. The summed E-state index contributed by atoms with van der Waals surface area (Å²) in [6, 6.07) is 0. The highest BCUT2D eigenvalue weighted by Gasteiger charge is 2.38. The normalized spacial score (nSPS) is 18.5. The molecule has 1 aliphatic rings. The van der Waals surface area contributed by atoms with E-state index in [-0.39, 0.29) is 6.42 Å². The van der Waals surface area contributed by atoms with Crippen LogP contribution in [0.2, 0.25) is 0 Å². The molecule has 6 heteroatoms. The molecule has 0 heterocycles. The molecule has 0 radical (unpaired) electrons. The number of hydrogen-bond donors (Lipinski definition) is 2. The van der Waals surface area contributed by atoms with Crippen molar-refractivity contribution < 1.29 is 23.1 Å². The summed E-state index contributed by atoms with van der Waals surface area (Å²) in [4.78, 5) is 11.3. The average Bonchev–Trinajstić information content (AvgIpc) is 2.26. The van der Waals surface area contributed by atoms with Crippen LogP contribution in [0.5, 0.6) is 0 Å². The standard InChI is InChI=1S/C11H16F3NO2/c12-11(13,14)9(16)7-15-10(17)6-8-4-2-1-3-5-8/h4,9,16H,1-3,5-7H2,(H,15,17). The fourth-order valence-electron chi connectivity index (χ4n) is 1.66. The van der Waals surface area contributed by atoms with Gasteiger partial charge in [-0.15, -0.1) is 0 Å². The fraction of sp³-hybridized carbons (Fsp3) is 0.727. The molecular weight excluding hydrogens is 235 g/mol. The van der Waals surface area contributed by atoms with Crippen LogP contribution < -0.4 is 5.32 Å². The van der Waals surface area contributed by atoms with Crippen LogP contribution in [0, 0.1) is 0 Å². The van der Waals surface area contributed by atoms with Gasteiger partial charge in [0.15, 0.2) is 6.10 Å². The van der Waals surface area contributed by atoms with Gasteiger partial charge in [-0.2, -0.15) is 13.2 Å². The van der Waals surface area contributed by atoms with E-state index in [1.165, 1.54) is 0 Å². The van der Waals surface area contributed by atoms with E-state index in [9.17, 15) is 18.0 Å². The Hall–Kier alpha value is -1.04. The molecule has 0 aromatic rings. The van der Waals surface area contributed by atoms with Crippen molar-refractivity contribution in [3.63, 3.8) is 0 Å². The van der Waals surface area contributed by atoms with Crippen molar-refractivity contribution in [3.05, 3.63) is 11.6 Å². The third-order valence-corrected chi connectivity index (χ3v) is 2.64. The van der Waals surface area contributed by atoms with Crippen molar-refractivity contribution in [2.45, 2.75) is 44.4 Å². The first-order valence-electron chi connectivity index (χ1n) is 5.59. The summed E-state index contributed by atoms with van der Waals surface area (Å²) in [6.07, 6.45) is -1.22. The minimum atomic E-state index is -4.68. The number of rotatable bonds is 4. The molecule has 0 fully saturated rings. The zero-order chi connectivity index (χ0) is 12.9. The van der Waals surface area contributed by atoms with Crippen LogP contribution in [-0.4, -0.2) is 29.8 Å². The molecule has 0 saturated heterocycles. The molecule has 0 bridgehead atoms. The number of halogens is 3. The van der Waals surface area contributed by atoms with E-state index < -0.39 is 24.7 Å². The number of hydrogen-bond acceptors (Lipinski definition) is 2. The van der Waals surface area contributed by atoms with E-state index in [0.717, 1.165) is 31.3 Å². The maximum Gasteiger partial charge on any atom is 0.416 e. The fourth-order valence-corrected chi connectivity index (χ4v) is 1.66. The summed E-state index contributed by atoms with van der Waals surface area (Å²) in [5, 5.41) is 10.8. The number of carbonyl (C=O) groups excluding carboxylic acids is 1. The van der Waals surface area contributed by atoms with Gasteiger partial charge in [0.2, 0.25) is 5.91 Å². The first-order chi connectivity index (χ1) is 7.89. The molecule has 0 aromatic heterocycles. The minimum Gasteiger partial charge on any atom is -0.382 e. The Morgan fingerprint density at radius 1 is 1.47 bits per heavy atom. The van der Waals surface area contributed by atoms with Crippen LogP contribution in [-0.2, 0) is 4.79 Å².